The van der Waals surface area contributed by atoms with Crippen LogP contribution in [-0.2, 0) is 0 Å². The largest absolute Gasteiger partial charge is 0.392 e. The number of hydrogen-bond donors (Lipinski definition) is 2. The van der Waals surface area contributed by atoms with E-state index in [0.717, 1.165) is 13.0 Å². The van der Waals surface area contributed by atoms with Crippen molar-refractivity contribution in [3.63, 3.8) is 0 Å². The number of aliphatic hydroxyl groups is 1. The van der Waals surface area contributed by atoms with Crippen LogP contribution in [0, 0.1) is 31.1 Å². The minimum Gasteiger partial charge on any atom is -0.392 e. The molecule has 1 unspecified atom stereocenters. The van der Waals surface area contributed by atoms with Crippen molar-refractivity contribution in [2.75, 3.05) is 13.1 Å². The van der Waals surface area contributed by atoms with Gasteiger partial charge in [-0.25, -0.2) is 5.01 Å². The predicted molar refractivity (Wildman–Crippen MR) is 26.4 cm³/mol. The topological polar surface area (TPSA) is 49.5 Å². The molecule has 0 spiro atoms. The van der Waals surface area contributed by atoms with Crippen LogP contribution < -0.4 is 5.84 Å². The van der Waals surface area contributed by atoms with Crippen molar-refractivity contribution >= 4 is 0 Å². The quantitative estimate of drug-likeness (QED) is 0.552. The fourth-order valence-corrected chi connectivity index (χ4v) is 0.768. The number of nitrogens with zero attached hydrogens (tertiary/aromatic N) is 1. The van der Waals surface area contributed by atoms with Gasteiger partial charge in [0.2, 0.25) is 0 Å². The molecule has 0 aromatic heterocycles. The SMILES string of the molecule is NN1CCC(O)C1.[U]. The van der Waals surface area contributed by atoms with E-state index in [9.17, 15) is 0 Å². The van der Waals surface area contributed by atoms with Crippen molar-refractivity contribution in [1.82, 2.24) is 5.01 Å². The number of rotatable bonds is 0. The Morgan fingerprint density at radius 3 is 2.38 bits per heavy atom. The Morgan fingerprint density at radius 1 is 1.62 bits per heavy atom. The first-order chi connectivity index (χ1) is 3.29. The van der Waals surface area contributed by atoms with Gasteiger partial charge in [0.05, 0.1) is 6.10 Å². The van der Waals surface area contributed by atoms with Crippen molar-refractivity contribution in [3.05, 3.63) is 0 Å². The molecule has 0 radical (unpaired) electrons. The number of hydrogen-bond acceptors (Lipinski definition) is 3. The number of nitrogens with two attached hydrogens (primary N) is 1. The molecule has 0 aromatic carbocycles. The van der Waals surface area contributed by atoms with Crippen LogP contribution in [0.1, 0.15) is 6.42 Å². The maximum absolute atomic E-state index is 8.78. The van der Waals surface area contributed by atoms with Gasteiger partial charge in [0, 0.05) is 44.2 Å². The van der Waals surface area contributed by atoms with Crippen LogP contribution in [-0.4, -0.2) is 29.3 Å². The average Bonchev–Trinajstić information content (AvgIpc) is 1.87. The molecule has 1 atom stereocenters. The van der Waals surface area contributed by atoms with E-state index in [1.54, 1.807) is 5.01 Å². The Balaban J connectivity index is 0.000000490. The van der Waals surface area contributed by atoms with Crippen LogP contribution in [0.4, 0.5) is 0 Å². The third-order valence-electron chi connectivity index (χ3n) is 1.19. The molecule has 0 saturated carbocycles. The van der Waals surface area contributed by atoms with Crippen molar-refractivity contribution in [2.24, 2.45) is 5.84 Å². The molecular formula is C4H10N2OU. The van der Waals surface area contributed by atoms with Gasteiger partial charge in [-0.3, -0.25) is 5.84 Å². The van der Waals surface area contributed by atoms with Crippen LogP contribution in [0.5, 0.6) is 0 Å². The molecule has 1 heterocycles. The monoisotopic (exact) mass is 340 g/mol. The zero-order valence-electron chi connectivity index (χ0n) is 4.67. The van der Waals surface area contributed by atoms with Crippen LogP contribution >= 0.6 is 0 Å². The fourth-order valence-electron chi connectivity index (χ4n) is 0.768. The first-order valence-electron chi connectivity index (χ1n) is 2.47. The molecule has 1 aliphatic rings. The average molecular weight is 340 g/mol. The van der Waals surface area contributed by atoms with Crippen molar-refractivity contribution in [3.8, 4) is 0 Å². The second kappa shape index (κ2) is 3.86. The van der Waals surface area contributed by atoms with Gasteiger partial charge in [0.25, 0.3) is 0 Å². The maximum atomic E-state index is 8.78. The van der Waals surface area contributed by atoms with Crippen molar-refractivity contribution in [2.45, 2.75) is 12.5 Å². The van der Waals surface area contributed by atoms with Gasteiger partial charge in [-0.2, -0.15) is 0 Å². The molecule has 3 nitrogen and oxygen atoms in total. The van der Waals surface area contributed by atoms with Crippen LogP contribution in [0.2, 0.25) is 0 Å². The molecule has 1 fully saturated rings. The summed E-state index contributed by atoms with van der Waals surface area (Å²) in [5.41, 5.74) is 0. The molecule has 0 amide bonds. The van der Waals surface area contributed by atoms with E-state index in [4.69, 9.17) is 10.9 Å². The molecule has 1 saturated heterocycles. The molecule has 46 valence electrons. The van der Waals surface area contributed by atoms with Gasteiger partial charge in [0.1, 0.15) is 0 Å². The van der Waals surface area contributed by atoms with Crippen LogP contribution in [0.3, 0.4) is 0 Å². The molecule has 0 aromatic rings. The summed E-state index contributed by atoms with van der Waals surface area (Å²) in [6.45, 7) is 1.47. The third-order valence-corrected chi connectivity index (χ3v) is 1.19. The summed E-state index contributed by atoms with van der Waals surface area (Å²) in [7, 11) is 0. The molecule has 3 N–H and O–H groups in total. The molecule has 1 rings (SSSR count). The van der Waals surface area contributed by atoms with Crippen molar-refractivity contribution in [1.29, 1.82) is 0 Å². The van der Waals surface area contributed by atoms with Gasteiger partial charge in [-0.15, -0.1) is 0 Å². The van der Waals surface area contributed by atoms with Gasteiger partial charge < -0.3 is 5.11 Å². The molecule has 0 aliphatic carbocycles. The summed E-state index contributed by atoms with van der Waals surface area (Å²) < 4.78 is 0. The van der Waals surface area contributed by atoms with Crippen molar-refractivity contribution < 1.29 is 36.2 Å². The van der Waals surface area contributed by atoms with E-state index in [1.165, 1.54) is 0 Å². The molecule has 0 bridgehead atoms. The Bertz CT molecular complexity index is 63.1. The minimum atomic E-state index is -0.176. The maximum Gasteiger partial charge on any atom is 0.0693 e. The Kier molecular flexibility index (Phi) is 4.31. The van der Waals surface area contributed by atoms with E-state index in [1.807, 2.05) is 0 Å². The summed E-state index contributed by atoms with van der Waals surface area (Å²) in [4.78, 5) is 0. The fraction of sp³-hybridized carbons (Fsp3) is 1.00. The molecule has 4 heteroatoms. The Hall–Kier alpha value is 0.932. The number of β-amino-alcohol motifs (C(OH)–C–C–N with tert-alkyl or cyclic N) is 1. The van der Waals surface area contributed by atoms with E-state index >= 15 is 0 Å². The van der Waals surface area contributed by atoms with E-state index in [0.29, 0.717) is 6.54 Å². The predicted octanol–water partition coefficient (Wildman–Crippen LogP) is -1.07. The van der Waals surface area contributed by atoms with E-state index in [2.05, 4.69) is 0 Å². The zero-order chi connectivity index (χ0) is 5.28. The smallest absolute Gasteiger partial charge is 0.0693 e. The van der Waals surface area contributed by atoms with Gasteiger partial charge in [0.15, 0.2) is 0 Å². The summed E-state index contributed by atoms with van der Waals surface area (Å²) in [6.07, 6.45) is 0.654. The van der Waals surface area contributed by atoms with Gasteiger partial charge in [-0.05, 0) is 6.42 Å². The van der Waals surface area contributed by atoms with Gasteiger partial charge >= 0.3 is 0 Å². The van der Waals surface area contributed by atoms with Crippen LogP contribution in [0.15, 0.2) is 0 Å². The Labute approximate surface area is 72.6 Å². The summed E-state index contributed by atoms with van der Waals surface area (Å²) >= 11 is 0. The summed E-state index contributed by atoms with van der Waals surface area (Å²) in [6, 6.07) is 0. The normalized spacial score (nSPS) is 30.0. The number of aliphatic hydroxyl groups excluding tert-OH is 1. The standard InChI is InChI=1S/C4H10N2O.U/c5-6-2-1-4(7)3-6;/h4,7H,1-3,5H2;. The minimum absolute atomic E-state index is 0. The third kappa shape index (κ3) is 2.47. The first kappa shape index (κ1) is 8.93. The second-order valence-corrected chi connectivity index (χ2v) is 1.94. The zero-order valence-corrected chi connectivity index (χ0v) is 8.83. The first-order valence-corrected chi connectivity index (χ1v) is 2.47. The molecule has 8 heavy (non-hydrogen) atoms. The number of hydrazine groups is 1. The molecular weight excluding hydrogens is 330 g/mol. The summed E-state index contributed by atoms with van der Waals surface area (Å²) in [5.74, 6) is 5.30. The Morgan fingerprint density at radius 2 is 2.25 bits per heavy atom. The second-order valence-electron chi connectivity index (χ2n) is 1.94. The van der Waals surface area contributed by atoms with E-state index in [-0.39, 0.29) is 37.2 Å². The molecule has 1 aliphatic heterocycles. The van der Waals surface area contributed by atoms with Crippen LogP contribution in [0.25, 0.3) is 0 Å². The van der Waals surface area contributed by atoms with E-state index < -0.39 is 0 Å². The van der Waals surface area contributed by atoms with Gasteiger partial charge in [-0.1, -0.05) is 0 Å². The summed E-state index contributed by atoms with van der Waals surface area (Å²) in [5, 5.41) is 10.4.